The third-order valence-corrected chi connectivity index (χ3v) is 6.11. The number of thiazole rings is 1. The molecule has 0 radical (unpaired) electrons. The molecule has 6 heteroatoms. The van der Waals surface area contributed by atoms with Gasteiger partial charge >= 0.3 is 0 Å². The molecule has 0 bridgehead atoms. The van der Waals surface area contributed by atoms with E-state index in [0.29, 0.717) is 6.42 Å². The summed E-state index contributed by atoms with van der Waals surface area (Å²) >= 11 is 3.22. The lowest BCUT2D eigenvalue weighted by Gasteiger charge is -2.23. The van der Waals surface area contributed by atoms with E-state index in [1.165, 1.54) is 0 Å². The number of carbonyl (C=O) groups excluding carboxylic acids is 1. The van der Waals surface area contributed by atoms with Crippen LogP contribution >= 0.6 is 22.7 Å². The van der Waals surface area contributed by atoms with Crippen LogP contribution in [0.4, 0.5) is 0 Å². The average molecular weight is 383 g/mol. The van der Waals surface area contributed by atoms with E-state index in [9.17, 15) is 4.79 Å². The number of fused-ring (bicyclic) bond motifs is 1. The van der Waals surface area contributed by atoms with Gasteiger partial charge in [0.05, 0.1) is 18.2 Å². The Kier molecular flexibility index (Phi) is 4.61. The maximum Gasteiger partial charge on any atom is 0.228 e. The summed E-state index contributed by atoms with van der Waals surface area (Å²) in [6, 6.07) is 11.8. The molecule has 1 atom stereocenters. The molecule has 3 aromatic heterocycles. The first kappa shape index (κ1) is 17.0. The lowest BCUT2D eigenvalue weighted by molar-refractivity contribution is -0.131. The van der Waals surface area contributed by atoms with Crippen LogP contribution in [0.15, 0.2) is 57.0 Å². The minimum Gasteiger partial charge on any atom is -0.459 e. The highest BCUT2D eigenvalue weighted by molar-refractivity contribution is 7.14. The molecule has 0 aliphatic heterocycles. The number of amides is 1. The number of carbonyl (C=O) groups is 1. The maximum absolute atomic E-state index is 12.7. The summed E-state index contributed by atoms with van der Waals surface area (Å²) in [4.78, 5) is 19.0. The van der Waals surface area contributed by atoms with Gasteiger partial charge in [-0.2, -0.15) is 11.3 Å². The van der Waals surface area contributed by atoms with Crippen molar-refractivity contribution in [3.63, 3.8) is 0 Å². The smallest absolute Gasteiger partial charge is 0.228 e. The zero-order valence-electron chi connectivity index (χ0n) is 14.5. The topological polar surface area (TPSA) is 46.3 Å². The Hall–Kier alpha value is -2.44. The average Bonchev–Trinajstić information content (AvgIpc) is 3.39. The fraction of sp³-hybridized carbons (Fsp3) is 0.200. The molecular weight excluding hydrogens is 364 g/mol. The molecule has 0 fully saturated rings. The van der Waals surface area contributed by atoms with Crippen molar-refractivity contribution < 1.29 is 9.21 Å². The van der Waals surface area contributed by atoms with Crippen molar-refractivity contribution in [1.82, 2.24) is 9.88 Å². The van der Waals surface area contributed by atoms with Gasteiger partial charge in [0.25, 0.3) is 0 Å². The van der Waals surface area contributed by atoms with E-state index in [4.69, 9.17) is 4.42 Å². The summed E-state index contributed by atoms with van der Waals surface area (Å²) in [6.45, 7) is 1.98. The Labute approximate surface area is 159 Å². The molecule has 0 spiro atoms. The summed E-state index contributed by atoms with van der Waals surface area (Å²) in [5.74, 6) is 0.819. The van der Waals surface area contributed by atoms with Crippen molar-refractivity contribution in [2.45, 2.75) is 19.4 Å². The standard InChI is InChI=1S/C20H18N2O2S2/c1-13(18-9-14-5-3-4-6-17(14)24-18)22(2)19(23)10-16-12-26-20(21-16)15-7-8-25-11-15/h3-9,11-13H,10H2,1-2H3. The van der Waals surface area contributed by atoms with Crippen molar-refractivity contribution in [3.05, 3.63) is 64.0 Å². The number of aromatic nitrogens is 1. The summed E-state index contributed by atoms with van der Waals surface area (Å²) in [5, 5.41) is 8.08. The molecule has 0 N–H and O–H groups in total. The van der Waals surface area contributed by atoms with E-state index in [2.05, 4.69) is 10.4 Å². The van der Waals surface area contributed by atoms with Crippen molar-refractivity contribution in [1.29, 1.82) is 0 Å². The molecule has 132 valence electrons. The monoisotopic (exact) mass is 382 g/mol. The van der Waals surface area contributed by atoms with Gasteiger partial charge in [0.2, 0.25) is 5.91 Å². The molecule has 4 rings (SSSR count). The predicted molar refractivity (Wildman–Crippen MR) is 107 cm³/mol. The summed E-state index contributed by atoms with van der Waals surface area (Å²) in [5.41, 5.74) is 2.77. The Bertz CT molecular complexity index is 1000. The second kappa shape index (κ2) is 7.05. The van der Waals surface area contributed by atoms with Gasteiger partial charge in [-0.15, -0.1) is 11.3 Å². The molecular formula is C20H18N2O2S2. The van der Waals surface area contributed by atoms with Crippen LogP contribution in [0, 0.1) is 0 Å². The van der Waals surface area contributed by atoms with Gasteiger partial charge in [-0.1, -0.05) is 18.2 Å². The van der Waals surface area contributed by atoms with E-state index < -0.39 is 0 Å². The van der Waals surface area contributed by atoms with E-state index in [-0.39, 0.29) is 11.9 Å². The van der Waals surface area contributed by atoms with E-state index >= 15 is 0 Å². The minimum atomic E-state index is -0.134. The molecule has 3 heterocycles. The highest BCUT2D eigenvalue weighted by Gasteiger charge is 2.21. The number of likely N-dealkylation sites (N-methyl/N-ethyl adjacent to an activating group) is 1. The van der Waals surface area contributed by atoms with Crippen molar-refractivity contribution in [3.8, 4) is 10.6 Å². The zero-order valence-corrected chi connectivity index (χ0v) is 16.1. The number of benzene rings is 1. The lowest BCUT2D eigenvalue weighted by Crippen LogP contribution is -2.30. The maximum atomic E-state index is 12.7. The molecule has 4 nitrogen and oxygen atoms in total. The molecule has 26 heavy (non-hydrogen) atoms. The molecule has 4 aromatic rings. The van der Waals surface area contributed by atoms with Gasteiger partial charge in [0.1, 0.15) is 16.4 Å². The van der Waals surface area contributed by atoms with Crippen LogP contribution in [0.1, 0.15) is 24.4 Å². The van der Waals surface area contributed by atoms with Crippen LogP contribution in [-0.2, 0) is 11.2 Å². The third-order valence-electron chi connectivity index (χ3n) is 4.48. The predicted octanol–water partition coefficient (Wildman–Crippen LogP) is 5.38. The van der Waals surface area contributed by atoms with E-state index in [1.54, 1.807) is 27.6 Å². The quantitative estimate of drug-likeness (QED) is 0.465. The van der Waals surface area contributed by atoms with Gasteiger partial charge in [-0.05, 0) is 30.5 Å². The second-order valence-corrected chi connectivity index (χ2v) is 7.84. The number of nitrogens with zero attached hydrogens (tertiary/aromatic N) is 2. The molecule has 0 saturated heterocycles. The first-order chi connectivity index (χ1) is 12.6. The number of para-hydroxylation sites is 1. The highest BCUT2D eigenvalue weighted by atomic mass is 32.1. The van der Waals surface area contributed by atoms with Crippen LogP contribution in [0.3, 0.4) is 0 Å². The first-order valence-corrected chi connectivity index (χ1v) is 10.1. The second-order valence-electron chi connectivity index (χ2n) is 6.20. The van der Waals surface area contributed by atoms with Crippen LogP contribution in [-0.4, -0.2) is 22.8 Å². The van der Waals surface area contributed by atoms with Gasteiger partial charge < -0.3 is 9.32 Å². The fourth-order valence-electron chi connectivity index (χ4n) is 2.80. The Morgan fingerprint density at radius 3 is 2.88 bits per heavy atom. The molecule has 0 aliphatic carbocycles. The molecule has 1 amide bonds. The Morgan fingerprint density at radius 2 is 2.12 bits per heavy atom. The van der Waals surface area contributed by atoms with Gasteiger partial charge in [-0.25, -0.2) is 4.98 Å². The third kappa shape index (κ3) is 3.30. The summed E-state index contributed by atoms with van der Waals surface area (Å²) in [6.07, 6.45) is 0.293. The van der Waals surface area contributed by atoms with Crippen LogP contribution in [0.25, 0.3) is 21.5 Å². The summed E-state index contributed by atoms with van der Waals surface area (Å²) in [7, 11) is 1.81. The van der Waals surface area contributed by atoms with Gasteiger partial charge in [0, 0.05) is 28.8 Å². The highest BCUT2D eigenvalue weighted by Crippen LogP contribution is 2.28. The van der Waals surface area contributed by atoms with Crippen LogP contribution in [0.5, 0.6) is 0 Å². The van der Waals surface area contributed by atoms with Crippen LogP contribution in [0.2, 0.25) is 0 Å². The lowest BCUT2D eigenvalue weighted by atomic mass is 10.2. The Balaban J connectivity index is 1.47. The molecule has 1 unspecified atom stereocenters. The number of hydrogen-bond acceptors (Lipinski definition) is 5. The van der Waals surface area contributed by atoms with E-state index in [1.807, 2.05) is 61.1 Å². The van der Waals surface area contributed by atoms with Gasteiger partial charge in [-0.3, -0.25) is 4.79 Å². The van der Waals surface area contributed by atoms with Crippen molar-refractivity contribution >= 4 is 39.5 Å². The Morgan fingerprint density at radius 1 is 1.27 bits per heavy atom. The zero-order chi connectivity index (χ0) is 18.1. The molecule has 0 saturated carbocycles. The fourth-order valence-corrected chi connectivity index (χ4v) is 4.33. The number of rotatable bonds is 5. The molecule has 1 aromatic carbocycles. The number of hydrogen-bond donors (Lipinski definition) is 0. The minimum absolute atomic E-state index is 0.0279. The van der Waals surface area contributed by atoms with Crippen molar-refractivity contribution in [2.24, 2.45) is 0 Å². The largest absolute Gasteiger partial charge is 0.459 e. The summed E-state index contributed by atoms with van der Waals surface area (Å²) < 4.78 is 5.90. The molecule has 0 aliphatic rings. The van der Waals surface area contributed by atoms with Crippen molar-refractivity contribution in [2.75, 3.05) is 7.05 Å². The SMILES string of the molecule is CC(c1cc2ccccc2o1)N(C)C(=O)Cc1csc(-c2ccsc2)n1. The normalized spacial score (nSPS) is 12.4. The van der Waals surface area contributed by atoms with Crippen LogP contribution < -0.4 is 0 Å². The van der Waals surface area contributed by atoms with Gasteiger partial charge in [0.15, 0.2) is 0 Å². The number of thiophene rings is 1. The van der Waals surface area contributed by atoms with E-state index in [0.717, 1.165) is 33.0 Å². The first-order valence-electron chi connectivity index (χ1n) is 8.33. The number of furan rings is 1.